The first-order chi connectivity index (χ1) is 9.63. The van der Waals surface area contributed by atoms with Crippen LogP contribution in [-0.4, -0.2) is 32.6 Å². The number of likely N-dealkylation sites (N-methyl/N-ethyl adjacent to an activating group) is 2. The minimum Gasteiger partial charge on any atom is -0.361 e. The molecule has 0 unspecified atom stereocenters. The van der Waals surface area contributed by atoms with E-state index in [0.717, 1.165) is 37.3 Å². The minimum absolute atomic E-state index is 0.0146. The van der Waals surface area contributed by atoms with Gasteiger partial charge in [0.25, 0.3) is 0 Å². The summed E-state index contributed by atoms with van der Waals surface area (Å²) in [5, 5.41) is 6.72. The number of nitrogens with zero attached hydrogens (tertiary/aromatic N) is 1. The molecule has 1 amide bonds. The van der Waals surface area contributed by atoms with Gasteiger partial charge in [-0.05, 0) is 31.5 Å². The number of halogens is 1. The monoisotopic (exact) mass is 297 g/mol. The molecular formula is C15H24ClN3O. The Balaban J connectivity index is 2.96. The van der Waals surface area contributed by atoms with Crippen LogP contribution in [-0.2, 0) is 11.3 Å². The predicted molar refractivity (Wildman–Crippen MR) is 85.4 cm³/mol. The summed E-state index contributed by atoms with van der Waals surface area (Å²) in [6.07, 6.45) is 1.09. The maximum Gasteiger partial charge on any atom is 0.239 e. The van der Waals surface area contributed by atoms with E-state index in [9.17, 15) is 4.79 Å². The predicted octanol–water partition coefficient (Wildman–Crippen LogP) is 2.41. The Morgan fingerprint density at radius 3 is 2.70 bits per heavy atom. The molecule has 0 aliphatic rings. The number of anilines is 1. The number of carbonyl (C=O) groups excluding carboxylic acids is 1. The molecule has 0 saturated carbocycles. The molecule has 0 atom stereocenters. The number of nitrogens with one attached hydrogen (secondary N) is 2. The summed E-state index contributed by atoms with van der Waals surface area (Å²) in [6.45, 7) is 6.93. The highest BCUT2D eigenvalue weighted by Crippen LogP contribution is 2.29. The molecule has 0 aromatic heterocycles. The largest absolute Gasteiger partial charge is 0.361 e. The van der Waals surface area contributed by atoms with Crippen molar-refractivity contribution in [1.29, 1.82) is 0 Å². The highest BCUT2D eigenvalue weighted by molar-refractivity contribution is 6.33. The van der Waals surface area contributed by atoms with Gasteiger partial charge in [-0.1, -0.05) is 30.7 Å². The van der Waals surface area contributed by atoms with E-state index in [-0.39, 0.29) is 5.91 Å². The fourth-order valence-electron chi connectivity index (χ4n) is 2.06. The molecule has 0 radical (unpaired) electrons. The molecule has 1 aromatic rings. The molecule has 1 rings (SSSR count). The van der Waals surface area contributed by atoms with Crippen molar-refractivity contribution in [3.05, 3.63) is 28.8 Å². The van der Waals surface area contributed by atoms with Crippen molar-refractivity contribution in [2.75, 3.05) is 31.6 Å². The average molecular weight is 298 g/mol. The second kappa shape index (κ2) is 8.82. The third-order valence-corrected chi connectivity index (χ3v) is 3.43. The Morgan fingerprint density at radius 2 is 2.10 bits per heavy atom. The van der Waals surface area contributed by atoms with Crippen molar-refractivity contribution in [2.24, 2.45) is 0 Å². The molecule has 0 saturated heterocycles. The van der Waals surface area contributed by atoms with Gasteiger partial charge >= 0.3 is 0 Å². The lowest BCUT2D eigenvalue weighted by atomic mass is 10.1. The van der Waals surface area contributed by atoms with Crippen LogP contribution in [0.5, 0.6) is 0 Å². The standard InChI is InChI=1S/C15H24ClN3O/c1-4-9-18-10-12-7-6-8-13(16)15(12)19(5-2)11-14(20)17-3/h6-8,18H,4-5,9-11H2,1-3H3,(H,17,20). The van der Waals surface area contributed by atoms with E-state index < -0.39 is 0 Å². The van der Waals surface area contributed by atoms with E-state index in [4.69, 9.17) is 11.6 Å². The summed E-state index contributed by atoms with van der Waals surface area (Å²) in [4.78, 5) is 13.6. The van der Waals surface area contributed by atoms with Crippen molar-refractivity contribution in [2.45, 2.75) is 26.8 Å². The maximum atomic E-state index is 11.6. The van der Waals surface area contributed by atoms with Crippen molar-refractivity contribution < 1.29 is 4.79 Å². The number of benzene rings is 1. The van der Waals surface area contributed by atoms with Crippen LogP contribution < -0.4 is 15.5 Å². The van der Waals surface area contributed by atoms with Crippen LogP contribution in [0.2, 0.25) is 5.02 Å². The SMILES string of the molecule is CCCNCc1cccc(Cl)c1N(CC)CC(=O)NC. The van der Waals surface area contributed by atoms with Gasteiger partial charge in [0.2, 0.25) is 5.91 Å². The summed E-state index contributed by atoms with van der Waals surface area (Å²) in [6, 6.07) is 5.87. The zero-order valence-electron chi connectivity index (χ0n) is 12.5. The number of carbonyl (C=O) groups is 1. The zero-order chi connectivity index (χ0) is 15.0. The van der Waals surface area contributed by atoms with Gasteiger partial charge in [0.15, 0.2) is 0 Å². The first kappa shape index (κ1) is 16.8. The van der Waals surface area contributed by atoms with Gasteiger partial charge in [-0.25, -0.2) is 0 Å². The van der Waals surface area contributed by atoms with Crippen LogP contribution in [0.25, 0.3) is 0 Å². The quantitative estimate of drug-likeness (QED) is 0.724. The van der Waals surface area contributed by atoms with E-state index in [0.29, 0.717) is 11.6 Å². The van der Waals surface area contributed by atoms with E-state index >= 15 is 0 Å². The van der Waals surface area contributed by atoms with Gasteiger partial charge in [-0.15, -0.1) is 0 Å². The van der Waals surface area contributed by atoms with Gasteiger partial charge in [-0.2, -0.15) is 0 Å². The molecule has 0 aliphatic heterocycles. The van der Waals surface area contributed by atoms with Crippen molar-refractivity contribution in [3.8, 4) is 0 Å². The lowest BCUT2D eigenvalue weighted by Gasteiger charge is -2.26. The van der Waals surface area contributed by atoms with Crippen molar-refractivity contribution in [3.63, 3.8) is 0 Å². The van der Waals surface area contributed by atoms with Crippen LogP contribution in [0.1, 0.15) is 25.8 Å². The van der Waals surface area contributed by atoms with Gasteiger partial charge in [-0.3, -0.25) is 4.79 Å². The topological polar surface area (TPSA) is 44.4 Å². The van der Waals surface area contributed by atoms with Crippen molar-refractivity contribution in [1.82, 2.24) is 10.6 Å². The number of hydrogen-bond donors (Lipinski definition) is 2. The van der Waals surface area contributed by atoms with E-state index in [1.165, 1.54) is 0 Å². The highest BCUT2D eigenvalue weighted by Gasteiger charge is 2.15. The van der Waals surface area contributed by atoms with E-state index in [2.05, 4.69) is 23.6 Å². The van der Waals surface area contributed by atoms with E-state index in [1.807, 2.05) is 24.0 Å². The molecular weight excluding hydrogens is 274 g/mol. The van der Waals surface area contributed by atoms with Crippen molar-refractivity contribution >= 4 is 23.2 Å². The fourth-order valence-corrected chi connectivity index (χ4v) is 2.37. The Hall–Kier alpha value is -1.26. The third kappa shape index (κ3) is 4.69. The number of hydrogen-bond acceptors (Lipinski definition) is 3. The Labute approximate surface area is 126 Å². The number of amides is 1. The maximum absolute atomic E-state index is 11.6. The lowest BCUT2D eigenvalue weighted by molar-refractivity contribution is -0.119. The average Bonchev–Trinajstić information content (AvgIpc) is 2.45. The second-order valence-electron chi connectivity index (χ2n) is 4.61. The van der Waals surface area contributed by atoms with Crippen LogP contribution in [0.3, 0.4) is 0 Å². The summed E-state index contributed by atoms with van der Waals surface area (Å²) in [7, 11) is 1.65. The molecule has 1 aromatic carbocycles. The molecule has 112 valence electrons. The lowest BCUT2D eigenvalue weighted by Crippen LogP contribution is -2.36. The Bertz CT molecular complexity index is 437. The van der Waals surface area contributed by atoms with Crippen LogP contribution in [0.4, 0.5) is 5.69 Å². The molecule has 0 spiro atoms. The summed E-state index contributed by atoms with van der Waals surface area (Å²) in [5.41, 5.74) is 2.07. The highest BCUT2D eigenvalue weighted by atomic mass is 35.5. The number of para-hydroxylation sites is 1. The molecule has 2 N–H and O–H groups in total. The molecule has 0 aliphatic carbocycles. The molecule has 0 fully saturated rings. The van der Waals surface area contributed by atoms with Gasteiger partial charge in [0, 0.05) is 20.1 Å². The first-order valence-electron chi connectivity index (χ1n) is 7.07. The second-order valence-corrected chi connectivity index (χ2v) is 5.02. The first-order valence-corrected chi connectivity index (χ1v) is 7.45. The van der Waals surface area contributed by atoms with Crippen LogP contribution in [0.15, 0.2) is 18.2 Å². The third-order valence-electron chi connectivity index (χ3n) is 3.12. The number of rotatable bonds is 8. The Kier molecular flexibility index (Phi) is 7.41. The molecule has 20 heavy (non-hydrogen) atoms. The van der Waals surface area contributed by atoms with E-state index in [1.54, 1.807) is 7.05 Å². The normalized spacial score (nSPS) is 10.4. The zero-order valence-corrected chi connectivity index (χ0v) is 13.3. The summed E-state index contributed by atoms with van der Waals surface area (Å²) in [5.74, 6) is -0.0146. The molecule has 4 nitrogen and oxygen atoms in total. The minimum atomic E-state index is -0.0146. The van der Waals surface area contributed by atoms with Gasteiger partial charge in [0.05, 0.1) is 17.3 Å². The van der Waals surface area contributed by atoms with Gasteiger partial charge in [0.1, 0.15) is 0 Å². The Morgan fingerprint density at radius 1 is 1.35 bits per heavy atom. The molecule has 0 heterocycles. The molecule has 0 bridgehead atoms. The fraction of sp³-hybridized carbons (Fsp3) is 0.533. The smallest absolute Gasteiger partial charge is 0.239 e. The molecule has 5 heteroatoms. The summed E-state index contributed by atoms with van der Waals surface area (Å²) < 4.78 is 0. The van der Waals surface area contributed by atoms with Gasteiger partial charge < -0.3 is 15.5 Å². The van der Waals surface area contributed by atoms with Crippen LogP contribution in [0, 0.1) is 0 Å². The van der Waals surface area contributed by atoms with Crippen LogP contribution >= 0.6 is 11.6 Å². The summed E-state index contributed by atoms with van der Waals surface area (Å²) >= 11 is 6.34.